The average Bonchev–Trinajstić information content (AvgIpc) is 2.25. The molecular weight excluding hydrogens is 275 g/mol. The van der Waals surface area contributed by atoms with Crippen LogP contribution in [0.1, 0.15) is 5.56 Å². The van der Waals surface area contributed by atoms with E-state index in [1.165, 1.54) is 0 Å². The number of anilines is 1. The first kappa shape index (κ1) is 10.7. The number of nitrogens with one attached hydrogen (secondary N) is 1. The highest BCUT2D eigenvalue weighted by Crippen LogP contribution is 2.32. The highest BCUT2D eigenvalue weighted by molar-refractivity contribution is 9.10. The van der Waals surface area contributed by atoms with Crippen LogP contribution >= 0.6 is 27.5 Å². The highest BCUT2D eigenvalue weighted by Gasteiger charge is 2.08. The van der Waals surface area contributed by atoms with Crippen LogP contribution in [0.5, 0.6) is 0 Å². The zero-order valence-corrected chi connectivity index (χ0v) is 10.8. The molecule has 1 aromatic carbocycles. The number of benzene rings is 1. The smallest absolute Gasteiger partial charge is 0.126 e. The first-order chi connectivity index (χ1) is 7.13. The third-order valence-electron chi connectivity index (χ3n) is 2.30. The summed E-state index contributed by atoms with van der Waals surface area (Å²) in [5.74, 6) is 0.836. The van der Waals surface area contributed by atoms with Crippen LogP contribution in [-0.2, 0) is 0 Å². The van der Waals surface area contributed by atoms with Crippen molar-refractivity contribution in [2.45, 2.75) is 6.92 Å². The molecule has 0 aliphatic heterocycles. The second-order valence-electron chi connectivity index (χ2n) is 3.33. The van der Waals surface area contributed by atoms with Crippen LogP contribution in [0.15, 0.2) is 22.7 Å². The van der Waals surface area contributed by atoms with E-state index in [1.807, 2.05) is 32.2 Å². The molecule has 0 bridgehead atoms. The predicted molar refractivity (Wildman–Crippen MR) is 68.7 cm³/mol. The average molecular weight is 286 g/mol. The molecule has 0 fully saturated rings. The van der Waals surface area contributed by atoms with E-state index in [1.54, 1.807) is 0 Å². The van der Waals surface area contributed by atoms with Crippen LogP contribution in [0.25, 0.3) is 10.9 Å². The maximum atomic E-state index is 6.21. The summed E-state index contributed by atoms with van der Waals surface area (Å²) in [7, 11) is 1.85. The van der Waals surface area contributed by atoms with Crippen molar-refractivity contribution >= 4 is 44.3 Å². The second kappa shape index (κ2) is 3.99. The van der Waals surface area contributed by atoms with Crippen LogP contribution in [0.4, 0.5) is 5.82 Å². The minimum atomic E-state index is 0.767. The first-order valence-electron chi connectivity index (χ1n) is 4.56. The SMILES string of the molecule is CNc1ccc2c(Cl)c(C)cc(Br)c2n1. The van der Waals surface area contributed by atoms with Gasteiger partial charge in [-0.1, -0.05) is 11.6 Å². The summed E-state index contributed by atoms with van der Waals surface area (Å²) in [6, 6.07) is 5.88. The van der Waals surface area contributed by atoms with Gasteiger partial charge in [-0.2, -0.15) is 0 Å². The number of hydrogen-bond acceptors (Lipinski definition) is 2. The van der Waals surface area contributed by atoms with Gasteiger partial charge in [-0.3, -0.25) is 0 Å². The molecule has 0 amide bonds. The summed E-state index contributed by atoms with van der Waals surface area (Å²) in [5.41, 5.74) is 1.94. The number of fused-ring (bicyclic) bond motifs is 1. The van der Waals surface area contributed by atoms with Gasteiger partial charge in [0.05, 0.1) is 10.5 Å². The summed E-state index contributed by atoms with van der Waals surface area (Å²) in [6.45, 7) is 1.98. The molecule has 2 rings (SSSR count). The van der Waals surface area contributed by atoms with Gasteiger partial charge in [-0.05, 0) is 46.6 Å². The van der Waals surface area contributed by atoms with E-state index >= 15 is 0 Å². The molecule has 2 aromatic rings. The van der Waals surface area contributed by atoms with Crippen LogP contribution in [0.2, 0.25) is 5.02 Å². The van der Waals surface area contributed by atoms with E-state index in [4.69, 9.17) is 11.6 Å². The summed E-state index contributed by atoms with van der Waals surface area (Å²) < 4.78 is 0.969. The number of aromatic nitrogens is 1. The van der Waals surface area contributed by atoms with E-state index in [9.17, 15) is 0 Å². The molecule has 0 aliphatic carbocycles. The maximum Gasteiger partial charge on any atom is 0.126 e. The van der Waals surface area contributed by atoms with Crippen LogP contribution in [0.3, 0.4) is 0 Å². The lowest BCUT2D eigenvalue weighted by molar-refractivity contribution is 1.33. The zero-order chi connectivity index (χ0) is 11.0. The summed E-state index contributed by atoms with van der Waals surface area (Å²) >= 11 is 9.71. The second-order valence-corrected chi connectivity index (χ2v) is 4.56. The molecule has 15 heavy (non-hydrogen) atoms. The normalized spacial score (nSPS) is 10.7. The molecule has 0 saturated heterocycles. The van der Waals surface area contributed by atoms with Crippen molar-refractivity contribution in [2.75, 3.05) is 12.4 Å². The van der Waals surface area contributed by atoms with Crippen LogP contribution in [-0.4, -0.2) is 12.0 Å². The number of nitrogens with zero attached hydrogens (tertiary/aromatic N) is 1. The van der Waals surface area contributed by atoms with E-state index in [-0.39, 0.29) is 0 Å². The van der Waals surface area contributed by atoms with E-state index in [2.05, 4.69) is 26.2 Å². The van der Waals surface area contributed by atoms with Gasteiger partial charge in [-0.15, -0.1) is 0 Å². The molecule has 0 aliphatic rings. The van der Waals surface area contributed by atoms with Crippen LogP contribution < -0.4 is 5.32 Å². The fourth-order valence-corrected chi connectivity index (χ4v) is 2.34. The Kier molecular flexibility index (Phi) is 2.85. The van der Waals surface area contributed by atoms with E-state index in [0.29, 0.717) is 0 Å². The van der Waals surface area contributed by atoms with E-state index in [0.717, 1.165) is 31.8 Å². The number of hydrogen-bond donors (Lipinski definition) is 1. The summed E-state index contributed by atoms with van der Waals surface area (Å²) in [5, 5.41) is 4.75. The molecule has 0 unspecified atom stereocenters. The standard InChI is InChI=1S/C11H10BrClN2/c1-6-5-8(12)11-7(10(6)13)3-4-9(14-2)15-11/h3-5H,1-2H3,(H,14,15). The Morgan fingerprint density at radius 3 is 2.80 bits per heavy atom. The fraction of sp³-hybridized carbons (Fsp3) is 0.182. The fourth-order valence-electron chi connectivity index (χ4n) is 1.49. The Labute approximate surface area is 102 Å². The predicted octanol–water partition coefficient (Wildman–Crippen LogP) is 4.00. The Hall–Kier alpha value is -0.800. The van der Waals surface area contributed by atoms with Gasteiger partial charge in [-0.25, -0.2) is 4.98 Å². The Morgan fingerprint density at radius 2 is 2.13 bits per heavy atom. The lowest BCUT2D eigenvalue weighted by atomic mass is 10.1. The third-order valence-corrected chi connectivity index (χ3v) is 3.41. The first-order valence-corrected chi connectivity index (χ1v) is 5.73. The lowest BCUT2D eigenvalue weighted by Crippen LogP contribution is -1.93. The topological polar surface area (TPSA) is 24.9 Å². The molecule has 1 aromatic heterocycles. The van der Waals surface area contributed by atoms with E-state index < -0.39 is 0 Å². The molecular formula is C11H10BrClN2. The van der Waals surface area contributed by atoms with Gasteiger partial charge >= 0.3 is 0 Å². The molecule has 0 spiro atoms. The van der Waals surface area contributed by atoms with Crippen molar-refractivity contribution in [3.8, 4) is 0 Å². The molecule has 0 radical (unpaired) electrons. The Morgan fingerprint density at radius 1 is 1.40 bits per heavy atom. The van der Waals surface area contributed by atoms with Crippen molar-refractivity contribution in [1.29, 1.82) is 0 Å². The summed E-state index contributed by atoms with van der Waals surface area (Å²) in [4.78, 5) is 4.45. The maximum absolute atomic E-state index is 6.21. The Bertz CT molecular complexity index is 525. The van der Waals surface area contributed by atoms with Crippen molar-refractivity contribution in [1.82, 2.24) is 4.98 Å². The van der Waals surface area contributed by atoms with Gasteiger partial charge < -0.3 is 5.32 Å². The largest absolute Gasteiger partial charge is 0.373 e. The highest BCUT2D eigenvalue weighted by atomic mass is 79.9. The molecule has 78 valence electrons. The Balaban J connectivity index is 2.84. The molecule has 1 N–H and O–H groups in total. The molecule has 1 heterocycles. The molecule has 4 heteroatoms. The van der Waals surface area contributed by atoms with Crippen molar-refractivity contribution < 1.29 is 0 Å². The summed E-state index contributed by atoms with van der Waals surface area (Å²) in [6.07, 6.45) is 0. The minimum Gasteiger partial charge on any atom is -0.373 e. The minimum absolute atomic E-state index is 0.767. The van der Waals surface area contributed by atoms with Gasteiger partial charge in [0.2, 0.25) is 0 Å². The van der Waals surface area contributed by atoms with Crippen molar-refractivity contribution in [3.05, 3.63) is 33.3 Å². The van der Waals surface area contributed by atoms with Crippen LogP contribution in [0, 0.1) is 6.92 Å². The van der Waals surface area contributed by atoms with Gasteiger partial charge in [0.15, 0.2) is 0 Å². The number of rotatable bonds is 1. The van der Waals surface area contributed by atoms with Gasteiger partial charge in [0, 0.05) is 16.9 Å². The lowest BCUT2D eigenvalue weighted by Gasteiger charge is -2.07. The molecule has 2 nitrogen and oxygen atoms in total. The monoisotopic (exact) mass is 284 g/mol. The van der Waals surface area contributed by atoms with Crippen molar-refractivity contribution in [3.63, 3.8) is 0 Å². The number of aryl methyl sites for hydroxylation is 1. The van der Waals surface area contributed by atoms with Gasteiger partial charge in [0.25, 0.3) is 0 Å². The third kappa shape index (κ3) is 1.82. The molecule has 0 atom stereocenters. The molecule has 0 saturated carbocycles. The zero-order valence-electron chi connectivity index (χ0n) is 8.44. The van der Waals surface area contributed by atoms with Crippen molar-refractivity contribution in [2.24, 2.45) is 0 Å². The quantitative estimate of drug-likeness (QED) is 0.856. The number of halogens is 2. The van der Waals surface area contributed by atoms with Gasteiger partial charge in [0.1, 0.15) is 5.82 Å². The number of pyridine rings is 1.